The highest BCUT2D eigenvalue weighted by atomic mass is 19.1. The third-order valence-electron chi connectivity index (χ3n) is 4.11. The highest BCUT2D eigenvalue weighted by Gasteiger charge is 2.12. The van der Waals surface area contributed by atoms with Gasteiger partial charge in [-0.15, -0.1) is 0 Å². The summed E-state index contributed by atoms with van der Waals surface area (Å²) in [7, 11) is 0. The Kier molecular flexibility index (Phi) is 6.36. The molecular weight excluding hydrogens is 383 g/mol. The van der Waals surface area contributed by atoms with Crippen molar-refractivity contribution in [3.05, 3.63) is 101 Å². The number of halogens is 1. The second-order valence-electron chi connectivity index (χ2n) is 6.46. The van der Waals surface area contributed by atoms with Crippen molar-refractivity contribution in [3.8, 4) is 11.8 Å². The van der Waals surface area contributed by atoms with Crippen molar-refractivity contribution >= 4 is 23.6 Å². The fourth-order valence-electron chi connectivity index (χ4n) is 2.60. The summed E-state index contributed by atoms with van der Waals surface area (Å²) in [6.07, 6.45) is 1.39. The largest absolute Gasteiger partial charge is 0.423 e. The van der Waals surface area contributed by atoms with Gasteiger partial charge in [0.1, 0.15) is 23.2 Å². The Morgan fingerprint density at radius 2 is 1.77 bits per heavy atom. The molecule has 0 atom stereocenters. The van der Waals surface area contributed by atoms with Crippen LogP contribution in [0.15, 0.2) is 78.4 Å². The molecule has 0 aliphatic carbocycles. The number of nitrogens with one attached hydrogen (secondary N) is 1. The molecule has 0 aliphatic heterocycles. The number of hydrogen-bond donors (Lipinski definition) is 1. The third kappa shape index (κ3) is 5.40. The molecule has 0 aromatic heterocycles. The first kappa shape index (κ1) is 20.5. The number of carbonyl (C=O) groups excluding carboxylic acids is 2. The van der Waals surface area contributed by atoms with E-state index >= 15 is 0 Å². The Balaban J connectivity index is 1.75. The van der Waals surface area contributed by atoms with E-state index in [1.165, 1.54) is 30.3 Å². The van der Waals surface area contributed by atoms with Crippen LogP contribution in [0, 0.1) is 24.1 Å². The molecule has 0 saturated heterocycles. The molecule has 6 heteroatoms. The zero-order chi connectivity index (χ0) is 21.5. The normalized spacial score (nSPS) is 10.8. The molecular formula is C24H17FN2O3. The Morgan fingerprint density at radius 3 is 2.47 bits per heavy atom. The molecule has 30 heavy (non-hydrogen) atoms. The molecule has 3 aromatic rings. The quantitative estimate of drug-likeness (QED) is 0.286. The predicted molar refractivity (Wildman–Crippen MR) is 111 cm³/mol. The number of nitriles is 1. The van der Waals surface area contributed by atoms with E-state index in [1.54, 1.807) is 30.3 Å². The lowest BCUT2D eigenvalue weighted by Gasteiger charge is -2.06. The summed E-state index contributed by atoms with van der Waals surface area (Å²) in [5.41, 5.74) is 2.09. The molecule has 0 unspecified atom stereocenters. The topological polar surface area (TPSA) is 79.2 Å². The maximum atomic E-state index is 13.3. The van der Waals surface area contributed by atoms with E-state index < -0.39 is 17.7 Å². The van der Waals surface area contributed by atoms with Crippen LogP contribution in [0.4, 0.5) is 10.1 Å². The zero-order valence-corrected chi connectivity index (χ0v) is 16.1. The van der Waals surface area contributed by atoms with Crippen molar-refractivity contribution in [1.29, 1.82) is 5.26 Å². The number of hydrogen-bond acceptors (Lipinski definition) is 4. The minimum absolute atomic E-state index is 0.0751. The van der Waals surface area contributed by atoms with Gasteiger partial charge in [0.15, 0.2) is 0 Å². The summed E-state index contributed by atoms with van der Waals surface area (Å²) in [5, 5.41) is 12.0. The van der Waals surface area contributed by atoms with Crippen molar-refractivity contribution in [2.24, 2.45) is 0 Å². The van der Waals surface area contributed by atoms with E-state index in [-0.39, 0.29) is 16.9 Å². The summed E-state index contributed by atoms with van der Waals surface area (Å²) in [4.78, 5) is 24.6. The van der Waals surface area contributed by atoms with E-state index in [0.717, 1.165) is 11.6 Å². The van der Waals surface area contributed by atoms with Gasteiger partial charge in [0.05, 0.1) is 5.56 Å². The number of aryl methyl sites for hydroxylation is 1. The van der Waals surface area contributed by atoms with Gasteiger partial charge in [-0.1, -0.05) is 35.9 Å². The molecule has 3 rings (SSSR count). The first-order chi connectivity index (χ1) is 14.4. The van der Waals surface area contributed by atoms with Crippen LogP contribution in [-0.4, -0.2) is 11.9 Å². The Hall–Kier alpha value is -4.24. The van der Waals surface area contributed by atoms with E-state index in [1.807, 2.05) is 25.1 Å². The Labute approximate surface area is 173 Å². The SMILES string of the molecule is Cc1ccc(NC(=O)/C(C#N)=C/c2cccc(OC(=O)c3cccc(F)c3)c2)cc1. The maximum absolute atomic E-state index is 13.3. The molecule has 5 nitrogen and oxygen atoms in total. The minimum Gasteiger partial charge on any atom is -0.423 e. The third-order valence-corrected chi connectivity index (χ3v) is 4.11. The van der Waals surface area contributed by atoms with E-state index in [2.05, 4.69) is 5.32 Å². The van der Waals surface area contributed by atoms with Crippen molar-refractivity contribution in [2.75, 3.05) is 5.32 Å². The van der Waals surface area contributed by atoms with Crippen LogP contribution in [0.1, 0.15) is 21.5 Å². The Bertz CT molecular complexity index is 1160. The van der Waals surface area contributed by atoms with Gasteiger partial charge in [-0.2, -0.15) is 5.26 Å². The number of esters is 1. The van der Waals surface area contributed by atoms with Gasteiger partial charge in [0.2, 0.25) is 0 Å². The fourth-order valence-corrected chi connectivity index (χ4v) is 2.60. The van der Waals surface area contributed by atoms with Gasteiger partial charge in [-0.05, 0) is 61.0 Å². The first-order valence-electron chi connectivity index (χ1n) is 9.02. The number of amides is 1. The van der Waals surface area contributed by atoms with Crippen molar-refractivity contribution in [3.63, 3.8) is 0 Å². The van der Waals surface area contributed by atoms with Crippen LogP contribution in [0.2, 0.25) is 0 Å². The van der Waals surface area contributed by atoms with Crippen LogP contribution in [0.25, 0.3) is 6.08 Å². The summed E-state index contributed by atoms with van der Waals surface area (Å²) in [5.74, 6) is -1.61. The van der Waals surface area contributed by atoms with E-state index in [4.69, 9.17) is 4.74 Å². The molecule has 0 heterocycles. The molecule has 0 spiro atoms. The standard InChI is InChI=1S/C24H17FN2O3/c1-16-8-10-21(11-9-16)27-23(28)19(15-26)12-17-4-2-7-22(13-17)30-24(29)18-5-3-6-20(25)14-18/h2-14H,1H3,(H,27,28)/b19-12+. The molecule has 1 amide bonds. The molecule has 0 aliphatic rings. The lowest BCUT2D eigenvalue weighted by molar-refractivity contribution is -0.112. The average molecular weight is 400 g/mol. The summed E-state index contributed by atoms with van der Waals surface area (Å²) in [6.45, 7) is 1.93. The number of nitrogens with zero attached hydrogens (tertiary/aromatic N) is 1. The Morgan fingerprint density at radius 1 is 1.03 bits per heavy atom. The van der Waals surface area contributed by atoms with Gasteiger partial charge in [-0.3, -0.25) is 4.79 Å². The first-order valence-corrected chi connectivity index (χ1v) is 9.02. The molecule has 0 radical (unpaired) electrons. The second kappa shape index (κ2) is 9.30. The van der Waals surface area contributed by atoms with Crippen LogP contribution >= 0.6 is 0 Å². The highest BCUT2D eigenvalue weighted by molar-refractivity contribution is 6.09. The van der Waals surface area contributed by atoms with Gasteiger partial charge < -0.3 is 10.1 Å². The fraction of sp³-hybridized carbons (Fsp3) is 0.0417. The number of benzene rings is 3. The van der Waals surface area contributed by atoms with Crippen LogP contribution in [-0.2, 0) is 4.79 Å². The lowest BCUT2D eigenvalue weighted by Crippen LogP contribution is -2.13. The van der Waals surface area contributed by atoms with Crippen LogP contribution in [0.5, 0.6) is 5.75 Å². The van der Waals surface area contributed by atoms with Crippen molar-refractivity contribution < 1.29 is 18.7 Å². The van der Waals surface area contributed by atoms with Crippen LogP contribution < -0.4 is 10.1 Å². The number of anilines is 1. The lowest BCUT2D eigenvalue weighted by atomic mass is 10.1. The number of rotatable bonds is 5. The van der Waals surface area contributed by atoms with E-state index in [0.29, 0.717) is 11.3 Å². The van der Waals surface area contributed by atoms with Crippen molar-refractivity contribution in [1.82, 2.24) is 0 Å². The summed E-state index contributed by atoms with van der Waals surface area (Å²) < 4.78 is 18.5. The minimum atomic E-state index is -0.715. The highest BCUT2D eigenvalue weighted by Crippen LogP contribution is 2.18. The maximum Gasteiger partial charge on any atom is 0.343 e. The van der Waals surface area contributed by atoms with Gasteiger partial charge in [0, 0.05) is 5.69 Å². The molecule has 1 N–H and O–H groups in total. The van der Waals surface area contributed by atoms with Gasteiger partial charge in [0.25, 0.3) is 5.91 Å². The summed E-state index contributed by atoms with van der Waals surface area (Å²) in [6, 6.07) is 20.6. The number of ether oxygens (including phenoxy) is 1. The smallest absolute Gasteiger partial charge is 0.343 e. The molecule has 148 valence electrons. The summed E-state index contributed by atoms with van der Waals surface area (Å²) >= 11 is 0. The van der Waals surface area contributed by atoms with Gasteiger partial charge >= 0.3 is 5.97 Å². The monoisotopic (exact) mass is 400 g/mol. The molecule has 0 fully saturated rings. The van der Waals surface area contributed by atoms with Crippen LogP contribution in [0.3, 0.4) is 0 Å². The molecule has 3 aromatic carbocycles. The predicted octanol–water partition coefficient (Wildman–Crippen LogP) is 4.90. The zero-order valence-electron chi connectivity index (χ0n) is 16.1. The molecule has 0 saturated carbocycles. The van der Waals surface area contributed by atoms with Gasteiger partial charge in [-0.25, -0.2) is 9.18 Å². The van der Waals surface area contributed by atoms with Crippen molar-refractivity contribution in [2.45, 2.75) is 6.92 Å². The average Bonchev–Trinajstić information content (AvgIpc) is 2.74. The number of carbonyl (C=O) groups is 2. The van der Waals surface area contributed by atoms with E-state index in [9.17, 15) is 19.2 Å². The second-order valence-corrected chi connectivity index (χ2v) is 6.46. The molecule has 0 bridgehead atoms.